The van der Waals surface area contributed by atoms with E-state index in [1.165, 1.54) is 17.1 Å². The summed E-state index contributed by atoms with van der Waals surface area (Å²) in [4.78, 5) is 14.5. The van der Waals surface area contributed by atoms with Gasteiger partial charge >= 0.3 is 0 Å². The Hall–Kier alpha value is -2.19. The van der Waals surface area contributed by atoms with Gasteiger partial charge in [-0.1, -0.05) is 37.3 Å². The molecule has 0 amide bonds. The van der Waals surface area contributed by atoms with Crippen LogP contribution in [0, 0.1) is 0 Å². The van der Waals surface area contributed by atoms with E-state index >= 15 is 0 Å². The molecule has 0 saturated carbocycles. The Kier molecular flexibility index (Phi) is 7.40. The van der Waals surface area contributed by atoms with Crippen LogP contribution in [0.4, 0.5) is 5.13 Å². The van der Waals surface area contributed by atoms with Crippen LogP contribution in [0.2, 0.25) is 0 Å². The number of aliphatic imine (C=N–C) groups is 1. The molecule has 0 atom stereocenters. The van der Waals surface area contributed by atoms with Crippen LogP contribution in [-0.2, 0) is 16.6 Å². The molecular weight excluding hydrogens is 408 g/mol. The second kappa shape index (κ2) is 10.4. The van der Waals surface area contributed by atoms with Crippen LogP contribution in [-0.4, -0.2) is 72.7 Å². The maximum absolute atomic E-state index is 5.69. The third-order valence-corrected chi connectivity index (χ3v) is 7.14. The number of aryl methyl sites for hydroxylation is 1. The lowest BCUT2D eigenvalue weighted by atomic mass is 9.74. The summed E-state index contributed by atoms with van der Waals surface area (Å²) in [6.45, 7) is 11.3. The molecule has 0 bridgehead atoms. The monoisotopic (exact) mass is 442 g/mol. The van der Waals surface area contributed by atoms with Gasteiger partial charge in [-0.2, -0.15) is 4.37 Å². The van der Waals surface area contributed by atoms with E-state index in [9.17, 15) is 0 Å². The highest BCUT2D eigenvalue weighted by molar-refractivity contribution is 7.09. The lowest BCUT2D eigenvalue weighted by Gasteiger charge is -2.39. The molecular formula is C23H34N6OS. The Bertz CT molecular complexity index is 841. The number of rotatable bonds is 6. The number of benzene rings is 1. The summed E-state index contributed by atoms with van der Waals surface area (Å²) in [5.41, 5.74) is 1.44. The molecule has 2 aliphatic rings. The molecule has 0 spiro atoms. The van der Waals surface area contributed by atoms with Crippen molar-refractivity contribution in [3.8, 4) is 0 Å². The Morgan fingerprint density at radius 1 is 1.13 bits per heavy atom. The number of hydrogen-bond acceptors (Lipinski definition) is 6. The average molecular weight is 443 g/mol. The molecule has 2 saturated heterocycles. The predicted molar refractivity (Wildman–Crippen MR) is 127 cm³/mol. The van der Waals surface area contributed by atoms with Crippen molar-refractivity contribution in [2.75, 3.05) is 57.4 Å². The Balaban J connectivity index is 1.45. The molecule has 2 aromatic rings. The molecule has 0 radical (unpaired) electrons. The van der Waals surface area contributed by atoms with Crippen molar-refractivity contribution in [1.29, 1.82) is 0 Å². The van der Waals surface area contributed by atoms with E-state index in [1.807, 2.05) is 0 Å². The zero-order chi connectivity index (χ0) is 21.5. The summed E-state index contributed by atoms with van der Waals surface area (Å²) in [5.74, 6) is 1.97. The van der Waals surface area contributed by atoms with Crippen LogP contribution in [0.5, 0.6) is 0 Å². The lowest BCUT2D eigenvalue weighted by molar-refractivity contribution is 0.0530. The fourth-order valence-corrected chi connectivity index (χ4v) is 5.17. The molecule has 168 valence electrons. The van der Waals surface area contributed by atoms with E-state index in [0.717, 1.165) is 88.7 Å². The van der Waals surface area contributed by atoms with Gasteiger partial charge in [-0.25, -0.2) is 4.98 Å². The largest absolute Gasteiger partial charge is 0.381 e. The topological polar surface area (TPSA) is 65.9 Å². The molecule has 1 aromatic carbocycles. The van der Waals surface area contributed by atoms with Crippen LogP contribution in [0.3, 0.4) is 0 Å². The van der Waals surface area contributed by atoms with Crippen molar-refractivity contribution < 1.29 is 4.74 Å². The standard InChI is InChI=1S/C23H34N6OS/c1-3-20-26-22(31-27-20)29-14-12-28(13-15-29)21(24-4-2)25-18-23(10-16-30-17-11-23)19-8-6-5-7-9-19/h5-9H,3-4,10-18H2,1-2H3,(H,24,25). The smallest absolute Gasteiger partial charge is 0.205 e. The van der Waals surface area contributed by atoms with Crippen LogP contribution < -0.4 is 10.2 Å². The van der Waals surface area contributed by atoms with Gasteiger partial charge in [-0.15, -0.1) is 0 Å². The van der Waals surface area contributed by atoms with Gasteiger partial charge in [0, 0.05) is 69.3 Å². The molecule has 8 heteroatoms. The van der Waals surface area contributed by atoms with E-state index in [4.69, 9.17) is 9.73 Å². The number of piperazine rings is 1. The molecule has 4 rings (SSSR count). The molecule has 2 fully saturated rings. The van der Waals surface area contributed by atoms with Crippen LogP contribution in [0.1, 0.15) is 38.1 Å². The molecule has 3 heterocycles. The molecule has 1 N–H and O–H groups in total. The fraction of sp³-hybridized carbons (Fsp3) is 0.609. The first kappa shape index (κ1) is 22.0. The minimum absolute atomic E-state index is 0.0606. The van der Waals surface area contributed by atoms with Crippen molar-refractivity contribution in [3.05, 3.63) is 41.7 Å². The van der Waals surface area contributed by atoms with E-state index in [-0.39, 0.29) is 5.41 Å². The SMILES string of the molecule is CCNC(=NCC1(c2ccccc2)CCOCC1)N1CCN(c2nc(CC)ns2)CC1. The molecule has 2 aliphatic heterocycles. The minimum atomic E-state index is 0.0606. The van der Waals surface area contributed by atoms with Gasteiger partial charge < -0.3 is 19.9 Å². The van der Waals surface area contributed by atoms with Gasteiger partial charge in [0.2, 0.25) is 5.13 Å². The number of ether oxygens (including phenoxy) is 1. The normalized spacial score (nSPS) is 19.5. The average Bonchev–Trinajstić information content (AvgIpc) is 3.32. The highest BCUT2D eigenvalue weighted by atomic mass is 32.1. The first-order valence-corrected chi connectivity index (χ1v) is 12.3. The number of nitrogens with one attached hydrogen (secondary N) is 1. The highest BCUT2D eigenvalue weighted by Gasteiger charge is 2.34. The van der Waals surface area contributed by atoms with Gasteiger partial charge in [-0.05, 0) is 25.3 Å². The molecule has 0 aliphatic carbocycles. The van der Waals surface area contributed by atoms with E-state index in [2.05, 4.69) is 68.7 Å². The molecule has 0 unspecified atom stereocenters. The summed E-state index contributed by atoms with van der Waals surface area (Å²) in [6, 6.07) is 10.9. The van der Waals surface area contributed by atoms with Crippen molar-refractivity contribution in [1.82, 2.24) is 19.6 Å². The zero-order valence-corrected chi connectivity index (χ0v) is 19.5. The van der Waals surface area contributed by atoms with E-state index in [1.54, 1.807) is 0 Å². The first-order valence-electron chi connectivity index (χ1n) is 11.5. The lowest BCUT2D eigenvalue weighted by Crippen LogP contribution is -2.53. The third-order valence-electron chi connectivity index (χ3n) is 6.33. The second-order valence-corrected chi connectivity index (χ2v) is 8.98. The fourth-order valence-electron chi connectivity index (χ4n) is 4.37. The van der Waals surface area contributed by atoms with Crippen molar-refractivity contribution >= 4 is 22.6 Å². The molecule has 1 aromatic heterocycles. The maximum atomic E-state index is 5.69. The highest BCUT2D eigenvalue weighted by Crippen LogP contribution is 2.35. The molecule has 31 heavy (non-hydrogen) atoms. The number of guanidine groups is 1. The number of nitrogens with zero attached hydrogens (tertiary/aromatic N) is 5. The van der Waals surface area contributed by atoms with Crippen molar-refractivity contribution in [2.45, 2.75) is 38.5 Å². The van der Waals surface area contributed by atoms with Crippen molar-refractivity contribution in [2.24, 2.45) is 4.99 Å². The first-order chi connectivity index (χ1) is 15.2. The number of hydrogen-bond donors (Lipinski definition) is 1. The Labute approximate surface area is 189 Å². The maximum Gasteiger partial charge on any atom is 0.205 e. The van der Waals surface area contributed by atoms with E-state index < -0.39 is 0 Å². The quantitative estimate of drug-likeness (QED) is 0.548. The summed E-state index contributed by atoms with van der Waals surface area (Å²) in [6.07, 6.45) is 2.93. The van der Waals surface area contributed by atoms with Gasteiger partial charge in [0.05, 0.1) is 6.54 Å². The second-order valence-electron chi connectivity index (χ2n) is 8.25. The van der Waals surface area contributed by atoms with Crippen LogP contribution in [0.25, 0.3) is 0 Å². The van der Waals surface area contributed by atoms with Gasteiger partial charge in [0.25, 0.3) is 0 Å². The Morgan fingerprint density at radius 2 is 1.87 bits per heavy atom. The number of aromatic nitrogens is 2. The Morgan fingerprint density at radius 3 is 2.52 bits per heavy atom. The van der Waals surface area contributed by atoms with Crippen molar-refractivity contribution in [3.63, 3.8) is 0 Å². The summed E-state index contributed by atoms with van der Waals surface area (Å²) in [5, 5.41) is 4.57. The van der Waals surface area contributed by atoms with Gasteiger partial charge in [-0.3, -0.25) is 4.99 Å². The number of anilines is 1. The van der Waals surface area contributed by atoms with Gasteiger partial charge in [0.1, 0.15) is 5.82 Å². The minimum Gasteiger partial charge on any atom is -0.381 e. The zero-order valence-electron chi connectivity index (χ0n) is 18.7. The predicted octanol–water partition coefficient (Wildman–Crippen LogP) is 2.94. The van der Waals surface area contributed by atoms with Crippen LogP contribution >= 0.6 is 11.5 Å². The summed E-state index contributed by atoms with van der Waals surface area (Å²) >= 11 is 1.52. The summed E-state index contributed by atoms with van der Waals surface area (Å²) in [7, 11) is 0. The van der Waals surface area contributed by atoms with Gasteiger partial charge in [0.15, 0.2) is 5.96 Å². The van der Waals surface area contributed by atoms with E-state index in [0.29, 0.717) is 0 Å². The summed E-state index contributed by atoms with van der Waals surface area (Å²) < 4.78 is 10.1. The third kappa shape index (κ3) is 5.18. The molecule has 7 nitrogen and oxygen atoms in total. The van der Waals surface area contributed by atoms with Crippen LogP contribution in [0.15, 0.2) is 35.3 Å².